The van der Waals surface area contributed by atoms with E-state index in [0.29, 0.717) is 18.3 Å². The van der Waals surface area contributed by atoms with Gasteiger partial charge in [0, 0.05) is 12.5 Å². The standard InChI is InChI=1S/C9H17N3O2/c1-9(2,3)8-11-7(12-14-8)6(10)5-13-4/h6H,5,10H2,1-4H3. The molecule has 2 N–H and O–H groups in total. The Balaban J connectivity index is 2.78. The van der Waals surface area contributed by atoms with Gasteiger partial charge in [-0.25, -0.2) is 0 Å². The number of ether oxygens (including phenoxy) is 1. The Morgan fingerprint density at radius 2 is 2.14 bits per heavy atom. The Morgan fingerprint density at radius 1 is 1.50 bits per heavy atom. The Morgan fingerprint density at radius 3 is 2.57 bits per heavy atom. The van der Waals surface area contributed by atoms with Crippen LogP contribution in [0.25, 0.3) is 0 Å². The number of nitrogens with zero attached hydrogens (tertiary/aromatic N) is 2. The summed E-state index contributed by atoms with van der Waals surface area (Å²) < 4.78 is 10.0. The van der Waals surface area contributed by atoms with E-state index >= 15 is 0 Å². The van der Waals surface area contributed by atoms with Gasteiger partial charge in [-0.3, -0.25) is 0 Å². The van der Waals surface area contributed by atoms with Crippen molar-refractivity contribution in [2.75, 3.05) is 13.7 Å². The van der Waals surface area contributed by atoms with Crippen LogP contribution in [0, 0.1) is 0 Å². The Hall–Kier alpha value is -0.940. The lowest BCUT2D eigenvalue weighted by Crippen LogP contribution is -2.18. The zero-order chi connectivity index (χ0) is 10.8. The minimum absolute atomic E-state index is 0.141. The van der Waals surface area contributed by atoms with Gasteiger partial charge in [0.05, 0.1) is 12.6 Å². The molecule has 80 valence electrons. The van der Waals surface area contributed by atoms with Gasteiger partial charge in [0.2, 0.25) is 5.89 Å². The molecule has 5 nitrogen and oxygen atoms in total. The van der Waals surface area contributed by atoms with Crippen molar-refractivity contribution < 1.29 is 9.26 Å². The molecule has 0 saturated carbocycles. The fourth-order valence-corrected chi connectivity index (χ4v) is 0.944. The molecule has 0 radical (unpaired) electrons. The van der Waals surface area contributed by atoms with Gasteiger partial charge in [0.1, 0.15) is 0 Å². The molecule has 1 heterocycles. The minimum atomic E-state index is -0.320. The van der Waals surface area contributed by atoms with E-state index in [4.69, 9.17) is 15.0 Å². The number of aromatic nitrogens is 2. The molecular formula is C9H17N3O2. The van der Waals surface area contributed by atoms with Gasteiger partial charge in [-0.1, -0.05) is 25.9 Å². The number of hydrogen-bond donors (Lipinski definition) is 1. The van der Waals surface area contributed by atoms with E-state index in [9.17, 15) is 0 Å². The summed E-state index contributed by atoms with van der Waals surface area (Å²) in [5.41, 5.74) is 5.61. The number of nitrogens with two attached hydrogens (primary N) is 1. The van der Waals surface area contributed by atoms with Crippen LogP contribution >= 0.6 is 0 Å². The Kier molecular flexibility index (Phi) is 3.23. The molecule has 0 aromatic carbocycles. The molecule has 1 rings (SSSR count). The summed E-state index contributed by atoms with van der Waals surface area (Å²) in [7, 11) is 1.59. The SMILES string of the molecule is COCC(N)c1noc(C(C)(C)C)n1. The molecule has 1 aromatic rings. The average Bonchev–Trinajstić information content (AvgIpc) is 2.51. The van der Waals surface area contributed by atoms with Crippen molar-refractivity contribution in [2.24, 2.45) is 5.73 Å². The number of hydrogen-bond acceptors (Lipinski definition) is 5. The minimum Gasteiger partial charge on any atom is -0.383 e. The van der Waals surface area contributed by atoms with E-state index in [1.54, 1.807) is 7.11 Å². The summed E-state index contributed by atoms with van der Waals surface area (Å²) in [5.74, 6) is 1.09. The van der Waals surface area contributed by atoms with Crippen molar-refractivity contribution in [2.45, 2.75) is 32.2 Å². The fraction of sp³-hybridized carbons (Fsp3) is 0.778. The molecule has 0 aliphatic heterocycles. The van der Waals surface area contributed by atoms with Crippen LogP contribution in [0.5, 0.6) is 0 Å². The molecule has 0 spiro atoms. The maximum atomic E-state index is 5.75. The largest absolute Gasteiger partial charge is 0.383 e. The second-order valence-electron chi connectivity index (χ2n) is 4.27. The second kappa shape index (κ2) is 4.06. The van der Waals surface area contributed by atoms with Crippen LogP contribution < -0.4 is 5.73 Å². The van der Waals surface area contributed by atoms with Crippen LogP contribution in [-0.2, 0) is 10.2 Å². The highest BCUT2D eigenvalue weighted by Gasteiger charge is 2.23. The highest BCUT2D eigenvalue weighted by molar-refractivity contribution is 5.00. The zero-order valence-electron chi connectivity index (χ0n) is 9.07. The molecule has 1 unspecified atom stereocenters. The van der Waals surface area contributed by atoms with E-state index in [0.717, 1.165) is 0 Å². The lowest BCUT2D eigenvalue weighted by atomic mass is 9.97. The van der Waals surface area contributed by atoms with Crippen LogP contribution in [0.3, 0.4) is 0 Å². The van der Waals surface area contributed by atoms with Gasteiger partial charge < -0.3 is 15.0 Å². The van der Waals surface area contributed by atoms with Gasteiger partial charge in [0.15, 0.2) is 5.82 Å². The topological polar surface area (TPSA) is 74.2 Å². The third kappa shape index (κ3) is 2.52. The third-order valence-corrected chi connectivity index (χ3v) is 1.76. The first kappa shape index (κ1) is 11.1. The Bertz CT molecular complexity index is 290. The predicted octanol–water partition coefficient (Wildman–Crippen LogP) is 1.01. The highest BCUT2D eigenvalue weighted by Crippen LogP contribution is 2.20. The summed E-state index contributed by atoms with van der Waals surface area (Å²) in [6, 6.07) is -0.320. The van der Waals surface area contributed by atoms with Crippen LogP contribution in [-0.4, -0.2) is 23.9 Å². The molecule has 5 heteroatoms. The molecule has 0 saturated heterocycles. The monoisotopic (exact) mass is 199 g/mol. The summed E-state index contributed by atoms with van der Waals surface area (Å²) >= 11 is 0. The number of rotatable bonds is 3. The van der Waals surface area contributed by atoms with Crippen LogP contribution in [0.4, 0.5) is 0 Å². The molecule has 0 bridgehead atoms. The van der Waals surface area contributed by atoms with Crippen molar-refractivity contribution in [1.82, 2.24) is 10.1 Å². The lowest BCUT2D eigenvalue weighted by molar-refractivity contribution is 0.177. The molecule has 1 aromatic heterocycles. The number of methoxy groups -OCH3 is 1. The first-order chi connectivity index (χ1) is 6.45. The van der Waals surface area contributed by atoms with E-state index in [1.165, 1.54) is 0 Å². The van der Waals surface area contributed by atoms with Crippen molar-refractivity contribution in [3.05, 3.63) is 11.7 Å². The van der Waals surface area contributed by atoms with Crippen LogP contribution in [0.15, 0.2) is 4.52 Å². The lowest BCUT2D eigenvalue weighted by Gasteiger charge is -2.10. The summed E-state index contributed by atoms with van der Waals surface area (Å²) in [6.07, 6.45) is 0. The quantitative estimate of drug-likeness (QED) is 0.786. The van der Waals surface area contributed by atoms with Crippen LogP contribution in [0.1, 0.15) is 38.5 Å². The fourth-order valence-electron chi connectivity index (χ4n) is 0.944. The predicted molar refractivity (Wildman–Crippen MR) is 51.8 cm³/mol. The summed E-state index contributed by atoms with van der Waals surface area (Å²) in [5, 5.41) is 3.81. The molecule has 1 atom stereocenters. The highest BCUT2D eigenvalue weighted by atomic mass is 16.5. The molecule has 0 fully saturated rings. The molecule has 0 amide bonds. The average molecular weight is 199 g/mol. The van der Waals surface area contributed by atoms with Crippen molar-refractivity contribution >= 4 is 0 Å². The second-order valence-corrected chi connectivity index (χ2v) is 4.27. The zero-order valence-corrected chi connectivity index (χ0v) is 9.07. The maximum Gasteiger partial charge on any atom is 0.232 e. The van der Waals surface area contributed by atoms with Crippen molar-refractivity contribution in [3.8, 4) is 0 Å². The van der Waals surface area contributed by atoms with Gasteiger partial charge in [-0.15, -0.1) is 0 Å². The van der Waals surface area contributed by atoms with E-state index < -0.39 is 0 Å². The van der Waals surface area contributed by atoms with Crippen molar-refractivity contribution in [1.29, 1.82) is 0 Å². The van der Waals surface area contributed by atoms with E-state index in [-0.39, 0.29) is 11.5 Å². The molecular weight excluding hydrogens is 182 g/mol. The Labute approximate surface area is 83.6 Å². The van der Waals surface area contributed by atoms with E-state index in [2.05, 4.69) is 10.1 Å². The molecule has 14 heavy (non-hydrogen) atoms. The summed E-state index contributed by atoms with van der Waals surface area (Å²) in [6.45, 7) is 6.41. The van der Waals surface area contributed by atoms with Gasteiger partial charge in [-0.05, 0) is 0 Å². The van der Waals surface area contributed by atoms with E-state index in [1.807, 2.05) is 20.8 Å². The summed E-state index contributed by atoms with van der Waals surface area (Å²) in [4.78, 5) is 4.22. The van der Waals surface area contributed by atoms with Gasteiger partial charge in [0.25, 0.3) is 0 Å². The van der Waals surface area contributed by atoms with Crippen molar-refractivity contribution in [3.63, 3.8) is 0 Å². The first-order valence-corrected chi connectivity index (χ1v) is 4.53. The smallest absolute Gasteiger partial charge is 0.232 e. The van der Waals surface area contributed by atoms with Gasteiger partial charge >= 0.3 is 0 Å². The third-order valence-electron chi connectivity index (χ3n) is 1.76. The maximum absolute atomic E-state index is 5.75. The first-order valence-electron chi connectivity index (χ1n) is 4.53. The van der Waals surface area contributed by atoms with Gasteiger partial charge in [-0.2, -0.15) is 4.98 Å². The normalized spacial score (nSPS) is 14.4. The molecule has 0 aliphatic carbocycles. The van der Waals surface area contributed by atoms with Crippen LogP contribution in [0.2, 0.25) is 0 Å². The molecule has 0 aliphatic rings.